The van der Waals surface area contributed by atoms with Gasteiger partial charge in [0.1, 0.15) is 5.82 Å². The average molecular weight is 567 g/mol. The number of carboxylic acids is 1. The molecular formula is C27H20BrFN2O4S. The molecule has 4 rings (SSSR count). The summed E-state index contributed by atoms with van der Waals surface area (Å²) < 4.78 is 14.6. The molecule has 0 aliphatic carbocycles. The molecule has 1 atom stereocenters. The molecule has 0 radical (unpaired) electrons. The maximum absolute atomic E-state index is 14.0. The zero-order chi connectivity index (χ0) is 25.8. The molecule has 0 saturated heterocycles. The van der Waals surface area contributed by atoms with Gasteiger partial charge < -0.3 is 15.7 Å². The van der Waals surface area contributed by atoms with E-state index < -0.39 is 22.9 Å². The molecule has 0 spiro atoms. The normalized spacial score (nSPS) is 11.6. The number of fused-ring (bicyclic) bond motifs is 1. The summed E-state index contributed by atoms with van der Waals surface area (Å²) in [7, 11) is 0. The van der Waals surface area contributed by atoms with Crippen LogP contribution in [-0.4, -0.2) is 28.1 Å². The number of carboxylic acid groups (broad SMARTS) is 1. The Labute approximate surface area is 219 Å². The number of aromatic carboxylic acids is 1. The topological polar surface area (TPSA) is 95.5 Å². The number of anilines is 2. The smallest absolute Gasteiger partial charge is 0.336 e. The summed E-state index contributed by atoms with van der Waals surface area (Å²) in [5, 5.41) is 15.5. The molecule has 9 heteroatoms. The molecule has 182 valence electrons. The zero-order valence-corrected chi connectivity index (χ0v) is 21.3. The Morgan fingerprint density at radius 3 is 2.22 bits per heavy atom. The van der Waals surface area contributed by atoms with E-state index in [0.29, 0.717) is 20.9 Å². The SMILES string of the molecule is CC(Sc1ccc(NC(=O)c2cccc3cccc(C(=O)O)c23)cc1)C(=O)Nc1ccc(Br)cc1F. The van der Waals surface area contributed by atoms with Crippen molar-refractivity contribution >= 4 is 67.6 Å². The van der Waals surface area contributed by atoms with Crippen LogP contribution < -0.4 is 10.6 Å². The van der Waals surface area contributed by atoms with Gasteiger partial charge in [0.25, 0.3) is 5.91 Å². The first-order valence-electron chi connectivity index (χ1n) is 10.8. The Morgan fingerprint density at radius 2 is 1.58 bits per heavy atom. The maximum Gasteiger partial charge on any atom is 0.336 e. The van der Waals surface area contributed by atoms with Crippen LogP contribution >= 0.6 is 27.7 Å². The van der Waals surface area contributed by atoms with E-state index in [9.17, 15) is 23.9 Å². The van der Waals surface area contributed by atoms with Crippen LogP contribution in [0.25, 0.3) is 10.8 Å². The number of rotatable bonds is 7. The average Bonchev–Trinajstić information content (AvgIpc) is 2.85. The molecule has 0 aliphatic heterocycles. The van der Waals surface area contributed by atoms with Crippen molar-refractivity contribution in [3.8, 4) is 0 Å². The highest BCUT2D eigenvalue weighted by Gasteiger charge is 2.18. The molecule has 0 heterocycles. The Kier molecular flexibility index (Phi) is 7.71. The van der Waals surface area contributed by atoms with E-state index in [2.05, 4.69) is 26.6 Å². The van der Waals surface area contributed by atoms with E-state index in [1.807, 2.05) is 0 Å². The molecular weight excluding hydrogens is 547 g/mol. The van der Waals surface area contributed by atoms with Crippen molar-refractivity contribution in [2.75, 3.05) is 10.6 Å². The van der Waals surface area contributed by atoms with E-state index in [1.165, 1.54) is 30.0 Å². The third kappa shape index (κ3) is 5.75. The number of carbonyl (C=O) groups is 3. The molecule has 1 unspecified atom stereocenters. The molecule has 0 saturated carbocycles. The highest BCUT2D eigenvalue weighted by molar-refractivity contribution is 9.10. The fraction of sp³-hybridized carbons (Fsp3) is 0.0741. The largest absolute Gasteiger partial charge is 0.478 e. The number of nitrogens with one attached hydrogen (secondary N) is 2. The molecule has 6 nitrogen and oxygen atoms in total. The molecule has 0 fully saturated rings. The molecule has 0 aromatic heterocycles. The van der Waals surface area contributed by atoms with Crippen molar-refractivity contribution in [1.82, 2.24) is 0 Å². The summed E-state index contributed by atoms with van der Waals surface area (Å²) in [4.78, 5) is 37.9. The fourth-order valence-corrected chi connectivity index (χ4v) is 4.81. The first-order chi connectivity index (χ1) is 17.2. The Balaban J connectivity index is 1.44. The summed E-state index contributed by atoms with van der Waals surface area (Å²) in [6.45, 7) is 1.72. The van der Waals surface area contributed by atoms with Crippen LogP contribution in [0.4, 0.5) is 15.8 Å². The summed E-state index contributed by atoms with van der Waals surface area (Å²) in [5.74, 6) is -2.41. The maximum atomic E-state index is 14.0. The van der Waals surface area contributed by atoms with E-state index in [-0.39, 0.29) is 22.7 Å². The second-order valence-corrected chi connectivity index (χ2v) is 10.2. The van der Waals surface area contributed by atoms with Gasteiger partial charge in [-0.2, -0.15) is 0 Å². The van der Waals surface area contributed by atoms with Gasteiger partial charge in [-0.25, -0.2) is 9.18 Å². The Morgan fingerprint density at radius 1 is 0.917 bits per heavy atom. The number of hydrogen-bond acceptors (Lipinski definition) is 4. The standard InChI is InChI=1S/C27H20BrFN2O4S/c1-15(25(32)31-23-13-8-17(28)14-22(23)29)36-19-11-9-18(10-12-19)30-26(33)20-6-2-4-16-5-3-7-21(24(16)20)27(34)35/h2-15H,1H3,(H,30,33)(H,31,32)(H,34,35). The predicted molar refractivity (Wildman–Crippen MR) is 143 cm³/mol. The van der Waals surface area contributed by atoms with Crippen LogP contribution in [-0.2, 0) is 4.79 Å². The number of hydrogen-bond donors (Lipinski definition) is 3. The van der Waals surface area contributed by atoms with E-state index >= 15 is 0 Å². The third-order valence-corrected chi connectivity index (χ3v) is 6.97. The second-order valence-electron chi connectivity index (χ2n) is 7.87. The summed E-state index contributed by atoms with van der Waals surface area (Å²) in [6.07, 6.45) is 0. The van der Waals surface area contributed by atoms with Crippen LogP contribution in [0.1, 0.15) is 27.6 Å². The molecule has 2 amide bonds. The van der Waals surface area contributed by atoms with Crippen LogP contribution in [0.15, 0.2) is 88.2 Å². The van der Waals surface area contributed by atoms with Crippen molar-refractivity contribution in [2.45, 2.75) is 17.1 Å². The van der Waals surface area contributed by atoms with Gasteiger partial charge in [-0.05, 0) is 66.9 Å². The third-order valence-electron chi connectivity index (χ3n) is 5.36. The molecule has 4 aromatic carbocycles. The van der Waals surface area contributed by atoms with E-state index in [0.717, 1.165) is 4.90 Å². The molecule has 36 heavy (non-hydrogen) atoms. The first kappa shape index (κ1) is 25.4. The Hall–Kier alpha value is -3.69. The minimum Gasteiger partial charge on any atom is -0.478 e. The summed E-state index contributed by atoms with van der Waals surface area (Å²) in [6, 6.07) is 21.2. The van der Waals surface area contributed by atoms with Gasteiger partial charge in [-0.1, -0.05) is 40.2 Å². The predicted octanol–water partition coefficient (Wildman–Crippen LogP) is 6.81. The highest BCUT2D eigenvalue weighted by Crippen LogP contribution is 2.28. The van der Waals surface area contributed by atoms with Gasteiger partial charge in [0.05, 0.1) is 16.5 Å². The second kappa shape index (κ2) is 10.9. The number of halogens is 2. The molecule has 3 N–H and O–H groups in total. The Bertz CT molecular complexity index is 1470. The lowest BCUT2D eigenvalue weighted by Crippen LogP contribution is -2.22. The zero-order valence-electron chi connectivity index (χ0n) is 18.9. The minimum absolute atomic E-state index is 0.0558. The van der Waals surface area contributed by atoms with E-state index in [1.54, 1.807) is 67.6 Å². The number of benzene rings is 4. The lowest BCUT2D eigenvalue weighted by Gasteiger charge is -2.13. The van der Waals surface area contributed by atoms with Crippen molar-refractivity contribution in [3.63, 3.8) is 0 Å². The fourth-order valence-electron chi connectivity index (χ4n) is 3.61. The molecule has 0 aliphatic rings. The van der Waals surface area contributed by atoms with Crippen LogP contribution in [0.2, 0.25) is 0 Å². The van der Waals surface area contributed by atoms with Crippen molar-refractivity contribution < 1.29 is 23.9 Å². The number of amides is 2. The molecule has 4 aromatic rings. The number of thioether (sulfide) groups is 1. The quantitative estimate of drug-likeness (QED) is 0.213. The monoisotopic (exact) mass is 566 g/mol. The highest BCUT2D eigenvalue weighted by atomic mass is 79.9. The lowest BCUT2D eigenvalue weighted by molar-refractivity contribution is -0.115. The van der Waals surface area contributed by atoms with Gasteiger partial charge in [-0.15, -0.1) is 11.8 Å². The van der Waals surface area contributed by atoms with Crippen molar-refractivity contribution in [2.24, 2.45) is 0 Å². The van der Waals surface area contributed by atoms with Crippen molar-refractivity contribution in [1.29, 1.82) is 0 Å². The first-order valence-corrected chi connectivity index (χ1v) is 12.5. The van der Waals surface area contributed by atoms with Crippen molar-refractivity contribution in [3.05, 3.63) is 100 Å². The molecule has 0 bridgehead atoms. The van der Waals surface area contributed by atoms with E-state index in [4.69, 9.17) is 0 Å². The van der Waals surface area contributed by atoms with Crippen LogP contribution in [0.5, 0.6) is 0 Å². The van der Waals surface area contributed by atoms with Crippen LogP contribution in [0.3, 0.4) is 0 Å². The van der Waals surface area contributed by atoms with Crippen LogP contribution in [0, 0.1) is 5.82 Å². The summed E-state index contributed by atoms with van der Waals surface area (Å²) in [5.41, 5.74) is 0.936. The lowest BCUT2D eigenvalue weighted by atomic mass is 9.98. The summed E-state index contributed by atoms with van der Waals surface area (Å²) >= 11 is 4.47. The minimum atomic E-state index is -1.11. The number of carbonyl (C=O) groups excluding carboxylic acids is 2. The van der Waals surface area contributed by atoms with Gasteiger partial charge in [-0.3, -0.25) is 9.59 Å². The van der Waals surface area contributed by atoms with Gasteiger partial charge in [0.15, 0.2) is 0 Å². The van der Waals surface area contributed by atoms with Gasteiger partial charge in [0, 0.05) is 26.0 Å². The van der Waals surface area contributed by atoms with Gasteiger partial charge in [0.2, 0.25) is 5.91 Å². The van der Waals surface area contributed by atoms with Gasteiger partial charge >= 0.3 is 5.97 Å².